The van der Waals surface area contributed by atoms with E-state index >= 15 is 0 Å². The van der Waals surface area contributed by atoms with Crippen LogP contribution < -0.4 is 102 Å². The van der Waals surface area contributed by atoms with Gasteiger partial charge in [-0.2, -0.15) is 0 Å². The van der Waals surface area contributed by atoms with Crippen molar-refractivity contribution in [2.75, 3.05) is 0 Å². The van der Waals surface area contributed by atoms with Crippen LogP contribution in [-0.2, 0) is 13.4 Å². The molecule has 0 aliphatic heterocycles. The molecule has 1 atom stereocenters. The summed E-state index contributed by atoms with van der Waals surface area (Å²) in [5.74, 6) is 0. The molecule has 0 radical (unpaired) electrons. The second kappa shape index (κ2) is 9.11. The molecule has 0 saturated heterocycles. The van der Waals surface area contributed by atoms with Gasteiger partial charge in [0.05, 0.1) is 7.82 Å². The van der Waals surface area contributed by atoms with E-state index in [9.17, 15) is 23.8 Å². The molecule has 5 N–H and O–H groups in total. The maximum Gasteiger partial charge on any atom is 1.00 e. The van der Waals surface area contributed by atoms with Crippen molar-refractivity contribution in [3.05, 3.63) is 0 Å². The van der Waals surface area contributed by atoms with Crippen LogP contribution in [0.3, 0.4) is 0 Å². The van der Waals surface area contributed by atoms with E-state index in [1.54, 1.807) is 0 Å². The summed E-state index contributed by atoms with van der Waals surface area (Å²) in [6, 6.07) is 0. The van der Waals surface area contributed by atoms with Crippen molar-refractivity contribution in [3.8, 4) is 0 Å². The van der Waals surface area contributed by atoms with Gasteiger partial charge in [0.1, 0.15) is 0 Å². The van der Waals surface area contributed by atoms with Gasteiger partial charge in [0.25, 0.3) is 7.82 Å². The Balaban J connectivity index is -0.000000107. The minimum atomic E-state index is -5.61. The Morgan fingerprint density at radius 1 is 1.17 bits per heavy atom. The normalized spacial score (nSPS) is 14.3. The number of hydrogen-bond donors (Lipinski definition) is 2. The zero-order valence-corrected chi connectivity index (χ0v) is 13.7. The van der Waals surface area contributed by atoms with Gasteiger partial charge in [0.2, 0.25) is 0 Å². The summed E-state index contributed by atoms with van der Waals surface area (Å²) >= 11 is 0. The van der Waals surface area contributed by atoms with E-state index in [-0.39, 0.29) is 87.1 Å². The fourth-order valence-electron chi connectivity index (χ4n) is 0.126. The Hall–Kier alpha value is 2.86. The van der Waals surface area contributed by atoms with Crippen molar-refractivity contribution in [2.45, 2.75) is 0 Å². The van der Waals surface area contributed by atoms with Gasteiger partial charge in [-0.3, -0.25) is 8.88 Å². The molecule has 12 heavy (non-hydrogen) atoms. The molecule has 0 aromatic carbocycles. The van der Waals surface area contributed by atoms with Gasteiger partial charge in [-0.15, -0.1) is 0 Å². The van der Waals surface area contributed by atoms with E-state index in [1.165, 1.54) is 0 Å². The van der Waals surface area contributed by atoms with Crippen molar-refractivity contribution in [1.29, 1.82) is 0 Å². The number of phosphoric acid groups is 2. The van der Waals surface area contributed by atoms with Crippen molar-refractivity contribution in [1.82, 2.24) is 6.15 Å². The van der Waals surface area contributed by atoms with Crippen LogP contribution in [0.25, 0.3) is 0 Å². The van der Waals surface area contributed by atoms with Crippen LogP contribution in [0.2, 0.25) is 0 Å². The van der Waals surface area contributed by atoms with Crippen LogP contribution in [0.15, 0.2) is 0 Å². The molecule has 0 aliphatic rings. The van der Waals surface area contributed by atoms with Gasteiger partial charge in [0.15, 0.2) is 0 Å². The monoisotopic (exact) mass is 255 g/mol. The van der Waals surface area contributed by atoms with Crippen molar-refractivity contribution >= 4 is 15.6 Å². The van der Waals surface area contributed by atoms with Gasteiger partial charge in [-0.05, 0) is 0 Å². The fourth-order valence-corrected chi connectivity index (χ4v) is 1.14. The van der Waals surface area contributed by atoms with Crippen LogP contribution in [-0.4, -0.2) is 4.89 Å². The predicted octanol–water partition coefficient (Wildman–Crippen LogP) is -8.32. The summed E-state index contributed by atoms with van der Waals surface area (Å²) in [7, 11) is -11.0. The van der Waals surface area contributed by atoms with E-state index in [1.807, 2.05) is 0 Å². The second-order valence-corrected chi connectivity index (χ2v) is 3.48. The maximum absolute atomic E-state index is 9.44. The molecule has 0 fully saturated rings. The standard InChI is InChI=1S/K.H3N.Na.H4O7P2/c;;;1-8(2,3)7-9(4,5)6/h;1H3;;(H2,1,2,3)(H2,4,5,6)/q+1;;+1;/p-2. The van der Waals surface area contributed by atoms with Crippen molar-refractivity contribution < 1.29 is 114 Å². The van der Waals surface area contributed by atoms with Gasteiger partial charge in [-0.1, -0.05) is 0 Å². The maximum atomic E-state index is 9.44. The molecular formula is H5KNNaO7P2. The predicted molar refractivity (Wildman–Crippen MR) is 24.5 cm³/mol. The van der Waals surface area contributed by atoms with Crippen molar-refractivity contribution in [2.24, 2.45) is 0 Å². The minimum Gasteiger partial charge on any atom is -0.790 e. The quantitative estimate of drug-likeness (QED) is 0.364. The number of rotatable bonds is 2. The van der Waals surface area contributed by atoms with Gasteiger partial charge >= 0.3 is 80.9 Å². The zero-order chi connectivity index (χ0) is 7.71. The summed E-state index contributed by atoms with van der Waals surface area (Å²) in [5.41, 5.74) is 0. The third-order valence-corrected chi connectivity index (χ3v) is 1.83. The Kier molecular flexibility index (Phi) is 18.4. The molecule has 0 bridgehead atoms. The molecule has 0 aromatic rings. The average Bonchev–Trinajstić information content (AvgIpc) is 1.14. The topological polar surface area (TPSA) is 169 Å². The molecule has 0 heterocycles. The largest absolute Gasteiger partial charge is 1.00 e. The summed E-state index contributed by atoms with van der Waals surface area (Å²) < 4.78 is 21.4. The van der Waals surface area contributed by atoms with Crippen LogP contribution >= 0.6 is 15.6 Å². The second-order valence-electron chi connectivity index (χ2n) is 0.997. The number of hydrogen-bond acceptors (Lipinski definition) is 6. The van der Waals surface area contributed by atoms with Crippen LogP contribution in [0, 0.1) is 0 Å². The molecule has 1 unspecified atom stereocenters. The van der Waals surface area contributed by atoms with Crippen LogP contribution in [0.4, 0.5) is 0 Å². The first-order chi connectivity index (χ1) is 3.71. The number of quaternary nitrogens is 1. The van der Waals surface area contributed by atoms with E-state index in [0.29, 0.717) is 0 Å². The van der Waals surface area contributed by atoms with Crippen molar-refractivity contribution in [3.63, 3.8) is 0 Å². The SMILES string of the molecule is O=P([O-])([O-])OP(=O)([O-])O.[K+].[NH4+].[Na+]. The zero-order valence-electron chi connectivity index (χ0n) is 6.79. The summed E-state index contributed by atoms with van der Waals surface area (Å²) in [5, 5.41) is 0. The Morgan fingerprint density at radius 3 is 1.42 bits per heavy atom. The van der Waals surface area contributed by atoms with Crippen LogP contribution in [0.5, 0.6) is 0 Å². The smallest absolute Gasteiger partial charge is 0.790 e. The molecule has 0 rings (SSSR count). The Labute approximate surface area is 133 Å². The van der Waals surface area contributed by atoms with Crippen LogP contribution in [0.1, 0.15) is 0 Å². The van der Waals surface area contributed by atoms with E-state index in [0.717, 1.165) is 0 Å². The molecule has 0 amide bonds. The first-order valence-electron chi connectivity index (χ1n) is 1.48. The summed E-state index contributed by atoms with van der Waals surface area (Å²) in [6.07, 6.45) is 0. The first kappa shape index (κ1) is 24.2. The third-order valence-electron chi connectivity index (χ3n) is 0.203. The van der Waals surface area contributed by atoms with Gasteiger partial charge in [0, 0.05) is 0 Å². The molecular weight excluding hydrogens is 250 g/mol. The molecule has 0 saturated carbocycles. The molecule has 0 spiro atoms. The van der Waals surface area contributed by atoms with E-state index in [2.05, 4.69) is 4.31 Å². The molecule has 0 aliphatic carbocycles. The summed E-state index contributed by atoms with van der Waals surface area (Å²) in [4.78, 5) is 35.7. The van der Waals surface area contributed by atoms with Gasteiger partial charge < -0.3 is 30.3 Å². The summed E-state index contributed by atoms with van der Waals surface area (Å²) in [6.45, 7) is 0. The molecule has 12 heteroatoms. The minimum absolute atomic E-state index is 0. The van der Waals surface area contributed by atoms with E-state index in [4.69, 9.17) is 4.89 Å². The average molecular weight is 255 g/mol. The first-order valence-corrected chi connectivity index (χ1v) is 4.43. The Morgan fingerprint density at radius 2 is 1.42 bits per heavy atom. The fraction of sp³-hybridized carbons (Fsp3) is 0. The third kappa shape index (κ3) is 23.0. The molecule has 64 valence electrons. The molecule has 8 nitrogen and oxygen atoms in total. The Bertz CT molecular complexity index is 162. The molecule has 0 aromatic heterocycles. The van der Waals surface area contributed by atoms with E-state index < -0.39 is 15.6 Å². The van der Waals surface area contributed by atoms with Gasteiger partial charge in [-0.25, -0.2) is 0 Å².